The Hall–Kier alpha value is -0.190. The molecule has 0 spiro atoms. The molecule has 16 heavy (non-hydrogen) atoms. The van der Waals surface area contributed by atoms with Gasteiger partial charge >= 0.3 is 0 Å². The summed E-state index contributed by atoms with van der Waals surface area (Å²) < 4.78 is 13.1. The van der Waals surface area contributed by atoms with Crippen molar-refractivity contribution >= 4 is 26.7 Å². The van der Waals surface area contributed by atoms with Crippen LogP contribution in [-0.2, 0) is 10.8 Å². The maximum absolute atomic E-state index is 12.2. The van der Waals surface area contributed by atoms with E-state index < -0.39 is 10.8 Å². The molecule has 0 aliphatic heterocycles. The lowest BCUT2D eigenvalue weighted by Gasteiger charge is -2.19. The van der Waals surface area contributed by atoms with Crippen molar-refractivity contribution in [3.05, 3.63) is 28.7 Å². The van der Waals surface area contributed by atoms with Crippen LogP contribution in [0.15, 0.2) is 33.6 Å². The largest absolute Gasteiger partial charge is 0.316 e. The van der Waals surface area contributed by atoms with Gasteiger partial charge in [0.1, 0.15) is 0 Å². The van der Waals surface area contributed by atoms with Crippen molar-refractivity contribution in [2.24, 2.45) is 5.92 Å². The van der Waals surface area contributed by atoms with Crippen LogP contribution in [0, 0.1) is 5.92 Å². The van der Waals surface area contributed by atoms with E-state index in [2.05, 4.69) is 35.1 Å². The minimum Gasteiger partial charge on any atom is -0.316 e. The third kappa shape index (κ3) is 3.68. The number of benzene rings is 1. The molecule has 90 valence electrons. The molecule has 1 rings (SSSR count). The first-order valence-electron chi connectivity index (χ1n) is 5.36. The Kier molecular flexibility index (Phi) is 5.66. The third-order valence-electron chi connectivity index (χ3n) is 2.59. The molecule has 0 radical (unpaired) electrons. The highest BCUT2D eigenvalue weighted by atomic mass is 79.9. The number of nitrogens with one attached hydrogen (secondary N) is 1. The first kappa shape index (κ1) is 13.9. The van der Waals surface area contributed by atoms with Gasteiger partial charge in [-0.3, -0.25) is 4.21 Å². The standard InChI is InChI=1S/C12H18BrNOS/c1-9(2)11(14-3)8-16(15)12-7-5-4-6-10(12)13/h4-7,9,11,14H,8H2,1-3H3. The van der Waals surface area contributed by atoms with Crippen LogP contribution >= 0.6 is 15.9 Å². The van der Waals surface area contributed by atoms with E-state index in [0.717, 1.165) is 9.37 Å². The molecule has 0 aromatic heterocycles. The summed E-state index contributed by atoms with van der Waals surface area (Å²) in [5.41, 5.74) is 0. The molecular weight excluding hydrogens is 286 g/mol. The van der Waals surface area contributed by atoms with Crippen molar-refractivity contribution in [2.75, 3.05) is 12.8 Å². The SMILES string of the molecule is CNC(CS(=O)c1ccccc1Br)C(C)C. The topological polar surface area (TPSA) is 29.1 Å². The predicted molar refractivity (Wildman–Crippen MR) is 73.1 cm³/mol. The van der Waals surface area contributed by atoms with Crippen molar-refractivity contribution in [1.82, 2.24) is 5.32 Å². The number of rotatable bonds is 5. The van der Waals surface area contributed by atoms with E-state index >= 15 is 0 Å². The maximum Gasteiger partial charge on any atom is 0.0556 e. The van der Waals surface area contributed by atoms with Crippen molar-refractivity contribution in [3.63, 3.8) is 0 Å². The molecule has 0 amide bonds. The van der Waals surface area contributed by atoms with Gasteiger partial charge in [-0.15, -0.1) is 0 Å². The number of hydrogen-bond donors (Lipinski definition) is 1. The zero-order chi connectivity index (χ0) is 12.1. The van der Waals surface area contributed by atoms with E-state index in [-0.39, 0.29) is 6.04 Å². The average molecular weight is 304 g/mol. The zero-order valence-electron chi connectivity index (χ0n) is 9.87. The van der Waals surface area contributed by atoms with Crippen LogP contribution in [0.5, 0.6) is 0 Å². The van der Waals surface area contributed by atoms with Gasteiger partial charge in [-0.05, 0) is 41.0 Å². The Morgan fingerprint density at radius 2 is 2.00 bits per heavy atom. The smallest absolute Gasteiger partial charge is 0.0556 e. The Balaban J connectivity index is 2.76. The van der Waals surface area contributed by atoms with Crippen LogP contribution in [0.3, 0.4) is 0 Å². The molecule has 2 nitrogen and oxygen atoms in total. The van der Waals surface area contributed by atoms with Gasteiger partial charge < -0.3 is 5.32 Å². The van der Waals surface area contributed by atoms with E-state index in [9.17, 15) is 4.21 Å². The lowest BCUT2D eigenvalue weighted by molar-refractivity contribution is 0.461. The van der Waals surface area contributed by atoms with Crippen LogP contribution in [0.4, 0.5) is 0 Å². The van der Waals surface area contributed by atoms with Crippen LogP contribution in [0.2, 0.25) is 0 Å². The quantitative estimate of drug-likeness (QED) is 0.906. The molecule has 1 aromatic carbocycles. The highest BCUT2D eigenvalue weighted by molar-refractivity contribution is 9.10. The zero-order valence-corrected chi connectivity index (χ0v) is 12.3. The first-order chi connectivity index (χ1) is 7.56. The maximum atomic E-state index is 12.2. The highest BCUT2D eigenvalue weighted by Gasteiger charge is 2.16. The molecule has 0 fully saturated rings. The fourth-order valence-electron chi connectivity index (χ4n) is 1.49. The van der Waals surface area contributed by atoms with Crippen LogP contribution in [0.25, 0.3) is 0 Å². The summed E-state index contributed by atoms with van der Waals surface area (Å²) >= 11 is 3.43. The summed E-state index contributed by atoms with van der Waals surface area (Å²) in [5.74, 6) is 1.13. The minimum absolute atomic E-state index is 0.285. The molecular formula is C12H18BrNOS. The second kappa shape index (κ2) is 6.52. The second-order valence-corrected chi connectivity index (χ2v) is 6.40. The van der Waals surface area contributed by atoms with Gasteiger partial charge in [-0.1, -0.05) is 26.0 Å². The Morgan fingerprint density at radius 1 is 1.38 bits per heavy atom. The summed E-state index contributed by atoms with van der Waals surface area (Å²) in [6.45, 7) is 4.27. The van der Waals surface area contributed by atoms with Gasteiger partial charge in [0.2, 0.25) is 0 Å². The van der Waals surface area contributed by atoms with Crippen LogP contribution in [0.1, 0.15) is 13.8 Å². The van der Waals surface area contributed by atoms with Crippen LogP contribution < -0.4 is 5.32 Å². The number of hydrogen-bond acceptors (Lipinski definition) is 2. The van der Waals surface area contributed by atoms with Gasteiger partial charge in [-0.25, -0.2) is 0 Å². The first-order valence-corrected chi connectivity index (χ1v) is 7.47. The molecule has 0 heterocycles. The van der Waals surface area contributed by atoms with E-state index in [1.165, 1.54) is 0 Å². The van der Waals surface area contributed by atoms with E-state index in [1.807, 2.05) is 31.3 Å². The summed E-state index contributed by atoms with van der Waals surface area (Å²) in [7, 11) is 0.964. The van der Waals surface area contributed by atoms with Gasteiger partial charge in [0, 0.05) is 16.3 Å². The van der Waals surface area contributed by atoms with Gasteiger partial charge in [0.15, 0.2) is 0 Å². The molecule has 0 aliphatic carbocycles. The summed E-state index contributed by atoms with van der Waals surface area (Å²) in [6.07, 6.45) is 0. The predicted octanol–water partition coefficient (Wildman–Crippen LogP) is 2.80. The Bertz CT molecular complexity index is 368. The second-order valence-electron chi connectivity index (χ2n) is 4.08. The normalized spacial score (nSPS) is 15.1. The van der Waals surface area contributed by atoms with Crippen LogP contribution in [-0.4, -0.2) is 23.1 Å². The van der Waals surface area contributed by atoms with Gasteiger partial charge in [0.05, 0.1) is 15.7 Å². The fourth-order valence-corrected chi connectivity index (χ4v) is 3.89. The summed E-state index contributed by atoms with van der Waals surface area (Å²) in [6, 6.07) is 7.97. The third-order valence-corrected chi connectivity index (χ3v) is 5.05. The highest BCUT2D eigenvalue weighted by Crippen LogP contribution is 2.20. The fraction of sp³-hybridized carbons (Fsp3) is 0.500. The molecule has 0 saturated carbocycles. The van der Waals surface area contributed by atoms with E-state index in [1.54, 1.807) is 0 Å². The Labute approximate surface area is 108 Å². The van der Waals surface area contributed by atoms with Crippen molar-refractivity contribution in [3.8, 4) is 0 Å². The molecule has 0 saturated heterocycles. The monoisotopic (exact) mass is 303 g/mol. The lowest BCUT2D eigenvalue weighted by Crippen LogP contribution is -2.35. The molecule has 0 aliphatic rings. The van der Waals surface area contributed by atoms with Gasteiger partial charge in [0.25, 0.3) is 0 Å². The number of halogens is 1. The molecule has 2 atom stereocenters. The molecule has 2 unspecified atom stereocenters. The van der Waals surface area contributed by atoms with Crippen molar-refractivity contribution < 1.29 is 4.21 Å². The Morgan fingerprint density at radius 3 is 2.50 bits per heavy atom. The minimum atomic E-state index is -0.955. The van der Waals surface area contributed by atoms with E-state index in [4.69, 9.17) is 0 Å². The van der Waals surface area contributed by atoms with Gasteiger partial charge in [-0.2, -0.15) is 0 Å². The molecule has 1 N–H and O–H groups in total. The average Bonchev–Trinajstić information content (AvgIpc) is 2.25. The molecule has 4 heteroatoms. The van der Waals surface area contributed by atoms with E-state index in [0.29, 0.717) is 11.7 Å². The lowest BCUT2D eigenvalue weighted by atomic mass is 10.1. The molecule has 1 aromatic rings. The van der Waals surface area contributed by atoms with Crippen molar-refractivity contribution in [1.29, 1.82) is 0 Å². The van der Waals surface area contributed by atoms with Crippen molar-refractivity contribution in [2.45, 2.75) is 24.8 Å². The molecule has 0 bridgehead atoms. The summed E-state index contributed by atoms with van der Waals surface area (Å²) in [4.78, 5) is 0.878. The summed E-state index contributed by atoms with van der Waals surface area (Å²) in [5, 5.41) is 3.21.